The van der Waals surface area contributed by atoms with E-state index >= 15 is 0 Å². The number of carbonyl (C=O) groups is 1. The molecule has 3 rings (SSSR count). The molecule has 1 fully saturated rings. The molecule has 5 nitrogen and oxygen atoms in total. The summed E-state index contributed by atoms with van der Waals surface area (Å²) in [5, 5.41) is 4.92. The van der Waals surface area contributed by atoms with Crippen molar-refractivity contribution in [2.24, 2.45) is 0 Å². The molecule has 2 heterocycles. The minimum atomic E-state index is 0.0511. The fourth-order valence-corrected chi connectivity index (χ4v) is 3.30. The highest BCUT2D eigenvalue weighted by molar-refractivity contribution is 6.35. The molecule has 0 saturated carbocycles. The molecule has 1 aromatic heterocycles. The van der Waals surface area contributed by atoms with Crippen LogP contribution in [0.15, 0.2) is 22.7 Å². The average Bonchev–Trinajstić information content (AvgIpc) is 2.97. The normalized spacial score (nSPS) is 18.2. The van der Waals surface area contributed by atoms with E-state index in [1.165, 1.54) is 0 Å². The molecule has 1 aliphatic heterocycles. The number of nitrogens with zero attached hydrogens (tertiary/aromatic N) is 3. The van der Waals surface area contributed by atoms with Crippen molar-refractivity contribution in [2.75, 3.05) is 13.1 Å². The van der Waals surface area contributed by atoms with Crippen LogP contribution in [-0.2, 0) is 11.2 Å². The van der Waals surface area contributed by atoms with Gasteiger partial charge >= 0.3 is 0 Å². The Balaban J connectivity index is 1.67. The van der Waals surface area contributed by atoms with E-state index < -0.39 is 0 Å². The third kappa shape index (κ3) is 3.85. The minimum absolute atomic E-state index is 0.0511. The van der Waals surface area contributed by atoms with Crippen molar-refractivity contribution < 1.29 is 9.32 Å². The van der Waals surface area contributed by atoms with Crippen molar-refractivity contribution in [2.45, 2.75) is 32.1 Å². The van der Waals surface area contributed by atoms with Crippen LogP contribution in [0.5, 0.6) is 0 Å². The first-order valence-electron chi connectivity index (χ1n) is 7.55. The highest BCUT2D eigenvalue weighted by atomic mass is 35.5. The molecule has 0 N–H and O–H groups in total. The first kappa shape index (κ1) is 16.3. The number of piperidine rings is 1. The van der Waals surface area contributed by atoms with Gasteiger partial charge in [0.2, 0.25) is 11.8 Å². The molecule has 1 aromatic carbocycles. The Bertz CT molecular complexity index is 717. The monoisotopic (exact) mass is 353 g/mol. The number of amides is 1. The second-order valence-electron chi connectivity index (χ2n) is 5.77. The molecule has 0 radical (unpaired) electrons. The van der Waals surface area contributed by atoms with Crippen molar-refractivity contribution >= 4 is 29.1 Å². The molecule has 1 aliphatic rings. The standard InChI is InChI=1S/C16H17Cl2N3O2/c1-10-19-16(23-20-10)12-3-2-6-21(9-12)15(22)7-11-4-5-13(17)8-14(11)18/h4-5,8,12H,2-3,6-7,9H2,1H3. The predicted octanol–water partition coefficient (Wildman–Crippen LogP) is 3.63. The third-order valence-corrected chi connectivity index (χ3v) is 4.61. The number of aromatic nitrogens is 2. The molecule has 0 spiro atoms. The van der Waals surface area contributed by atoms with Gasteiger partial charge in [0.15, 0.2) is 5.82 Å². The third-order valence-electron chi connectivity index (χ3n) is 4.02. The summed E-state index contributed by atoms with van der Waals surface area (Å²) in [5.74, 6) is 1.39. The van der Waals surface area contributed by atoms with Crippen molar-refractivity contribution in [3.05, 3.63) is 45.5 Å². The van der Waals surface area contributed by atoms with Gasteiger partial charge in [-0.05, 0) is 37.5 Å². The molecule has 1 atom stereocenters. The van der Waals surface area contributed by atoms with Gasteiger partial charge in [-0.3, -0.25) is 4.79 Å². The Labute approximate surface area is 144 Å². The van der Waals surface area contributed by atoms with Crippen molar-refractivity contribution in [1.82, 2.24) is 15.0 Å². The van der Waals surface area contributed by atoms with Gasteiger partial charge in [-0.2, -0.15) is 4.98 Å². The summed E-state index contributed by atoms with van der Waals surface area (Å²) in [4.78, 5) is 18.7. The van der Waals surface area contributed by atoms with Crippen LogP contribution in [-0.4, -0.2) is 34.0 Å². The molecular weight excluding hydrogens is 337 g/mol. The maximum Gasteiger partial charge on any atom is 0.231 e. The molecular formula is C16H17Cl2N3O2. The quantitative estimate of drug-likeness (QED) is 0.845. The van der Waals surface area contributed by atoms with Gasteiger partial charge in [0.25, 0.3) is 0 Å². The van der Waals surface area contributed by atoms with Crippen molar-refractivity contribution in [3.63, 3.8) is 0 Å². The van der Waals surface area contributed by atoms with Crippen LogP contribution in [0, 0.1) is 6.92 Å². The van der Waals surface area contributed by atoms with E-state index in [4.69, 9.17) is 27.7 Å². The first-order chi connectivity index (χ1) is 11.0. The maximum atomic E-state index is 12.6. The van der Waals surface area contributed by atoms with E-state index in [9.17, 15) is 4.79 Å². The zero-order valence-corrected chi connectivity index (χ0v) is 14.3. The highest BCUT2D eigenvalue weighted by Gasteiger charge is 2.28. The lowest BCUT2D eigenvalue weighted by Gasteiger charge is -2.31. The Kier molecular flexibility index (Phi) is 4.87. The fourth-order valence-electron chi connectivity index (χ4n) is 2.82. The molecule has 2 aromatic rings. The number of likely N-dealkylation sites (tertiary alicyclic amines) is 1. The first-order valence-corrected chi connectivity index (χ1v) is 8.30. The van der Waals surface area contributed by atoms with Crippen LogP contribution < -0.4 is 0 Å². The zero-order chi connectivity index (χ0) is 16.4. The summed E-state index contributed by atoms with van der Waals surface area (Å²) in [5.41, 5.74) is 0.789. The van der Waals surface area contributed by atoms with E-state index in [1.54, 1.807) is 25.1 Å². The van der Waals surface area contributed by atoms with Gasteiger partial charge in [-0.25, -0.2) is 0 Å². The summed E-state index contributed by atoms with van der Waals surface area (Å²) in [6.45, 7) is 3.14. The Hall–Kier alpha value is -1.59. The van der Waals surface area contributed by atoms with Crippen LogP contribution in [0.1, 0.15) is 36.0 Å². The van der Waals surface area contributed by atoms with E-state index in [-0.39, 0.29) is 18.2 Å². The lowest BCUT2D eigenvalue weighted by Crippen LogP contribution is -2.40. The van der Waals surface area contributed by atoms with Gasteiger partial charge in [0.1, 0.15) is 0 Å². The second-order valence-corrected chi connectivity index (χ2v) is 6.61. The van der Waals surface area contributed by atoms with E-state index in [0.29, 0.717) is 28.3 Å². The van der Waals surface area contributed by atoms with Crippen LogP contribution >= 0.6 is 23.2 Å². The van der Waals surface area contributed by atoms with Crippen molar-refractivity contribution in [1.29, 1.82) is 0 Å². The summed E-state index contributed by atoms with van der Waals surface area (Å²) in [7, 11) is 0. The number of carbonyl (C=O) groups excluding carboxylic acids is 1. The lowest BCUT2D eigenvalue weighted by atomic mass is 9.97. The number of benzene rings is 1. The number of hydrogen-bond donors (Lipinski definition) is 0. The molecule has 1 amide bonds. The second kappa shape index (κ2) is 6.89. The molecule has 1 unspecified atom stereocenters. The van der Waals surface area contributed by atoms with Crippen LogP contribution in [0.2, 0.25) is 10.0 Å². The summed E-state index contributed by atoms with van der Waals surface area (Å²) in [6.07, 6.45) is 2.14. The summed E-state index contributed by atoms with van der Waals surface area (Å²) >= 11 is 12.0. The molecule has 0 bridgehead atoms. The lowest BCUT2D eigenvalue weighted by molar-refractivity contribution is -0.131. The molecule has 0 aliphatic carbocycles. The minimum Gasteiger partial charge on any atom is -0.342 e. The molecule has 7 heteroatoms. The number of hydrogen-bond acceptors (Lipinski definition) is 4. The SMILES string of the molecule is Cc1noc(C2CCCN(C(=O)Cc3ccc(Cl)cc3Cl)C2)n1. The number of halogens is 2. The average molecular weight is 354 g/mol. The van der Waals surface area contributed by atoms with Crippen LogP contribution in [0.4, 0.5) is 0 Å². The van der Waals surface area contributed by atoms with E-state index in [1.807, 2.05) is 4.90 Å². The molecule has 1 saturated heterocycles. The van der Waals surface area contributed by atoms with Gasteiger partial charge in [0.05, 0.1) is 12.3 Å². The molecule has 23 heavy (non-hydrogen) atoms. The summed E-state index contributed by atoms with van der Waals surface area (Å²) in [6, 6.07) is 5.20. The van der Waals surface area contributed by atoms with Gasteiger partial charge in [-0.15, -0.1) is 0 Å². The smallest absolute Gasteiger partial charge is 0.231 e. The number of rotatable bonds is 3. The van der Waals surface area contributed by atoms with Crippen LogP contribution in [0.3, 0.4) is 0 Å². The highest BCUT2D eigenvalue weighted by Crippen LogP contribution is 2.27. The van der Waals surface area contributed by atoms with E-state index in [0.717, 1.165) is 24.9 Å². The Morgan fingerprint density at radius 3 is 2.96 bits per heavy atom. The topological polar surface area (TPSA) is 59.2 Å². The fraction of sp³-hybridized carbons (Fsp3) is 0.438. The van der Waals surface area contributed by atoms with Crippen LogP contribution in [0.25, 0.3) is 0 Å². The Morgan fingerprint density at radius 2 is 2.26 bits per heavy atom. The number of aryl methyl sites for hydroxylation is 1. The Morgan fingerprint density at radius 1 is 1.43 bits per heavy atom. The van der Waals surface area contributed by atoms with Gasteiger partial charge in [-0.1, -0.05) is 34.4 Å². The largest absolute Gasteiger partial charge is 0.342 e. The molecule has 122 valence electrons. The van der Waals surface area contributed by atoms with E-state index in [2.05, 4.69) is 10.1 Å². The zero-order valence-electron chi connectivity index (χ0n) is 12.8. The summed E-state index contributed by atoms with van der Waals surface area (Å²) < 4.78 is 5.25. The van der Waals surface area contributed by atoms with Gasteiger partial charge in [0, 0.05) is 23.1 Å². The van der Waals surface area contributed by atoms with Crippen molar-refractivity contribution in [3.8, 4) is 0 Å². The van der Waals surface area contributed by atoms with Gasteiger partial charge < -0.3 is 9.42 Å². The maximum absolute atomic E-state index is 12.6. The predicted molar refractivity (Wildman–Crippen MR) is 87.8 cm³/mol.